The second kappa shape index (κ2) is 8.54. The van der Waals surface area contributed by atoms with Crippen molar-refractivity contribution in [3.8, 4) is 0 Å². The van der Waals surface area contributed by atoms with Crippen LogP contribution in [0.3, 0.4) is 0 Å². The van der Waals surface area contributed by atoms with Crippen LogP contribution in [0, 0.1) is 5.92 Å². The fraction of sp³-hybridized carbons (Fsp3) is 0.933. The van der Waals surface area contributed by atoms with Crippen molar-refractivity contribution in [3.05, 3.63) is 0 Å². The van der Waals surface area contributed by atoms with Crippen LogP contribution in [-0.2, 0) is 4.79 Å². The van der Waals surface area contributed by atoms with E-state index in [1.807, 2.05) is 13.8 Å². The van der Waals surface area contributed by atoms with Crippen LogP contribution < -0.4 is 0 Å². The average Bonchev–Trinajstić information content (AvgIpc) is 2.44. The first-order valence-electron chi connectivity index (χ1n) is 7.80. The number of likely N-dealkylation sites (N-methyl/N-ethyl adjacent to an activating group) is 1. The topological polar surface area (TPSA) is 26.8 Å². The Balaban J connectivity index is 0.000000861. The van der Waals surface area contributed by atoms with Crippen molar-refractivity contribution >= 4 is 5.91 Å². The number of hydrogen-bond donors (Lipinski definition) is 0. The Morgan fingerprint density at radius 3 is 1.89 bits per heavy atom. The molecule has 2 fully saturated rings. The Bertz CT molecular complexity index is 254. The van der Waals surface area contributed by atoms with Gasteiger partial charge in [0.2, 0.25) is 5.91 Å². The maximum absolute atomic E-state index is 12.1. The molecule has 0 radical (unpaired) electrons. The first-order valence-corrected chi connectivity index (χ1v) is 7.80. The standard InChI is InChI=1S/C13H25N3O.C2H6/c1-14-5-3-12(4-6-14)11-13(17)16-9-7-15(2)8-10-16;1-2/h12H,3-11H2,1-2H3;1-2H3. The second-order valence-corrected chi connectivity index (χ2v) is 5.63. The number of likely N-dealkylation sites (tertiary alicyclic amines) is 1. The Morgan fingerprint density at radius 2 is 1.37 bits per heavy atom. The molecule has 0 aromatic heterocycles. The second-order valence-electron chi connectivity index (χ2n) is 5.63. The molecule has 0 atom stereocenters. The Morgan fingerprint density at radius 1 is 0.895 bits per heavy atom. The minimum Gasteiger partial charge on any atom is -0.340 e. The van der Waals surface area contributed by atoms with Crippen LogP contribution in [-0.4, -0.2) is 74.0 Å². The molecule has 0 bridgehead atoms. The minimum atomic E-state index is 0.382. The summed E-state index contributed by atoms with van der Waals surface area (Å²) in [6.07, 6.45) is 3.16. The third-order valence-corrected chi connectivity index (χ3v) is 4.16. The first-order chi connectivity index (χ1) is 9.15. The normalized spacial score (nSPS) is 22.8. The molecule has 0 aromatic carbocycles. The molecule has 112 valence electrons. The summed E-state index contributed by atoms with van der Waals surface area (Å²) in [5, 5.41) is 0. The molecule has 2 heterocycles. The number of amides is 1. The Hall–Kier alpha value is -0.610. The van der Waals surface area contributed by atoms with Gasteiger partial charge in [0.1, 0.15) is 0 Å². The van der Waals surface area contributed by atoms with E-state index < -0.39 is 0 Å². The molecule has 2 aliphatic rings. The van der Waals surface area contributed by atoms with Crippen molar-refractivity contribution in [3.63, 3.8) is 0 Å². The number of carbonyl (C=O) groups excluding carboxylic acids is 1. The molecule has 4 nitrogen and oxygen atoms in total. The summed E-state index contributed by atoms with van der Waals surface area (Å²) in [6.45, 7) is 10.2. The highest BCUT2D eigenvalue weighted by molar-refractivity contribution is 5.76. The van der Waals surface area contributed by atoms with Crippen LogP contribution in [0.1, 0.15) is 33.1 Å². The van der Waals surface area contributed by atoms with Crippen molar-refractivity contribution in [1.29, 1.82) is 0 Å². The smallest absolute Gasteiger partial charge is 0.222 e. The summed E-state index contributed by atoms with van der Waals surface area (Å²) in [5.41, 5.74) is 0. The molecule has 2 rings (SSSR count). The highest BCUT2D eigenvalue weighted by atomic mass is 16.2. The van der Waals surface area contributed by atoms with E-state index in [4.69, 9.17) is 0 Å². The van der Waals surface area contributed by atoms with E-state index in [2.05, 4.69) is 28.8 Å². The lowest BCUT2D eigenvalue weighted by atomic mass is 9.93. The van der Waals surface area contributed by atoms with Crippen LogP contribution in [0.5, 0.6) is 0 Å². The quantitative estimate of drug-likeness (QED) is 0.760. The summed E-state index contributed by atoms with van der Waals surface area (Å²) in [6, 6.07) is 0. The monoisotopic (exact) mass is 269 g/mol. The number of carbonyl (C=O) groups is 1. The van der Waals surface area contributed by atoms with Gasteiger partial charge in [-0.3, -0.25) is 4.79 Å². The van der Waals surface area contributed by atoms with Gasteiger partial charge in [-0.15, -0.1) is 0 Å². The molecule has 0 saturated carbocycles. The molecule has 1 amide bonds. The first kappa shape index (κ1) is 16.4. The van der Waals surface area contributed by atoms with Gasteiger partial charge in [-0.1, -0.05) is 13.8 Å². The van der Waals surface area contributed by atoms with Crippen molar-refractivity contribution in [2.45, 2.75) is 33.1 Å². The molecule has 0 N–H and O–H groups in total. The zero-order valence-corrected chi connectivity index (χ0v) is 13.2. The molecule has 0 aromatic rings. The van der Waals surface area contributed by atoms with Gasteiger partial charge in [0.05, 0.1) is 0 Å². The SMILES string of the molecule is CC.CN1CCC(CC(=O)N2CCN(C)CC2)CC1. The van der Waals surface area contributed by atoms with Gasteiger partial charge in [-0.2, -0.15) is 0 Å². The van der Waals surface area contributed by atoms with E-state index in [1.165, 1.54) is 12.8 Å². The number of nitrogens with zero attached hydrogens (tertiary/aromatic N) is 3. The van der Waals surface area contributed by atoms with E-state index in [1.54, 1.807) is 0 Å². The highest BCUT2D eigenvalue weighted by Gasteiger charge is 2.24. The number of piperazine rings is 1. The Labute approximate surface area is 118 Å². The summed E-state index contributed by atoms with van der Waals surface area (Å²) in [7, 11) is 4.29. The minimum absolute atomic E-state index is 0.382. The third-order valence-electron chi connectivity index (χ3n) is 4.16. The van der Waals surface area contributed by atoms with Crippen LogP contribution >= 0.6 is 0 Å². The van der Waals surface area contributed by atoms with Crippen LogP contribution in [0.15, 0.2) is 0 Å². The lowest BCUT2D eigenvalue weighted by molar-refractivity contribution is -0.134. The van der Waals surface area contributed by atoms with Crippen LogP contribution in [0.2, 0.25) is 0 Å². The van der Waals surface area contributed by atoms with Gasteiger partial charge in [-0.25, -0.2) is 0 Å². The molecule has 2 aliphatic heterocycles. The zero-order valence-electron chi connectivity index (χ0n) is 13.2. The van der Waals surface area contributed by atoms with E-state index in [-0.39, 0.29) is 0 Å². The van der Waals surface area contributed by atoms with Gasteiger partial charge in [0.15, 0.2) is 0 Å². The molecular weight excluding hydrogens is 238 g/mol. The highest BCUT2D eigenvalue weighted by Crippen LogP contribution is 2.20. The molecule has 2 saturated heterocycles. The van der Waals surface area contributed by atoms with Gasteiger partial charge >= 0.3 is 0 Å². The number of rotatable bonds is 2. The predicted molar refractivity (Wildman–Crippen MR) is 80.3 cm³/mol. The largest absolute Gasteiger partial charge is 0.340 e. The summed E-state index contributed by atoms with van der Waals surface area (Å²) < 4.78 is 0. The van der Waals surface area contributed by atoms with Crippen molar-refractivity contribution in [1.82, 2.24) is 14.7 Å². The zero-order chi connectivity index (χ0) is 14.3. The van der Waals surface area contributed by atoms with E-state index >= 15 is 0 Å². The van der Waals surface area contributed by atoms with Gasteiger partial charge in [0, 0.05) is 32.6 Å². The average molecular weight is 269 g/mol. The van der Waals surface area contributed by atoms with Gasteiger partial charge in [0.25, 0.3) is 0 Å². The molecular formula is C15H31N3O. The van der Waals surface area contributed by atoms with E-state index in [9.17, 15) is 4.79 Å². The maximum Gasteiger partial charge on any atom is 0.222 e. The van der Waals surface area contributed by atoms with Gasteiger partial charge in [-0.05, 0) is 45.9 Å². The maximum atomic E-state index is 12.1. The fourth-order valence-electron chi connectivity index (χ4n) is 2.70. The van der Waals surface area contributed by atoms with Crippen molar-refractivity contribution in [2.24, 2.45) is 5.92 Å². The summed E-state index contributed by atoms with van der Waals surface area (Å²) in [5.74, 6) is 1.01. The third kappa shape index (κ3) is 5.49. The van der Waals surface area contributed by atoms with Crippen LogP contribution in [0.4, 0.5) is 0 Å². The van der Waals surface area contributed by atoms with Crippen LogP contribution in [0.25, 0.3) is 0 Å². The van der Waals surface area contributed by atoms with Crippen molar-refractivity contribution < 1.29 is 4.79 Å². The lowest BCUT2D eigenvalue weighted by Gasteiger charge is -2.34. The van der Waals surface area contributed by atoms with Crippen molar-refractivity contribution in [2.75, 3.05) is 53.4 Å². The molecule has 0 spiro atoms. The van der Waals surface area contributed by atoms with E-state index in [0.717, 1.165) is 45.7 Å². The molecule has 4 heteroatoms. The summed E-state index contributed by atoms with van der Waals surface area (Å²) in [4.78, 5) is 18.9. The molecule has 0 unspecified atom stereocenters. The molecule has 0 aliphatic carbocycles. The van der Waals surface area contributed by atoms with Gasteiger partial charge < -0.3 is 14.7 Å². The summed E-state index contributed by atoms with van der Waals surface area (Å²) >= 11 is 0. The molecule has 19 heavy (non-hydrogen) atoms. The lowest BCUT2D eigenvalue weighted by Crippen LogP contribution is -2.47. The number of hydrogen-bond acceptors (Lipinski definition) is 3. The van der Waals surface area contributed by atoms with E-state index in [0.29, 0.717) is 11.8 Å². The predicted octanol–water partition coefficient (Wildman–Crippen LogP) is 1.52. The number of piperidine rings is 1. The fourth-order valence-corrected chi connectivity index (χ4v) is 2.70. The Kier molecular flexibility index (Phi) is 7.39.